The summed E-state index contributed by atoms with van der Waals surface area (Å²) in [6, 6.07) is 3.96. The predicted octanol–water partition coefficient (Wildman–Crippen LogP) is 2.79. The van der Waals surface area contributed by atoms with Crippen LogP contribution in [0.2, 0.25) is 0 Å². The fourth-order valence-corrected chi connectivity index (χ4v) is 2.81. The monoisotopic (exact) mass is 303 g/mol. The van der Waals surface area contributed by atoms with Crippen molar-refractivity contribution < 1.29 is 23.4 Å². The highest BCUT2D eigenvalue weighted by molar-refractivity contribution is 5.56. The first kappa shape index (κ1) is 16.1. The minimum absolute atomic E-state index is 0.146. The lowest BCUT2D eigenvalue weighted by Gasteiger charge is -2.36. The van der Waals surface area contributed by atoms with E-state index in [1.807, 2.05) is 0 Å². The van der Waals surface area contributed by atoms with Gasteiger partial charge in [-0.15, -0.1) is 0 Å². The Bertz CT molecular complexity index is 480. The number of anilines is 1. The van der Waals surface area contributed by atoms with Gasteiger partial charge in [0.25, 0.3) is 0 Å². The highest BCUT2D eigenvalue weighted by Crippen LogP contribution is 2.38. The summed E-state index contributed by atoms with van der Waals surface area (Å²) < 4.78 is 39.5. The standard InChI is InChI=1S/C15H20F3NO2/c1-10(21)12-4-6-19(7-5-12)14-3-2-11(9-20)8-13(14)15(16,17)18/h2-3,8,10,12,20-21H,4-7,9H2,1H3. The Morgan fingerprint density at radius 3 is 2.38 bits per heavy atom. The zero-order valence-electron chi connectivity index (χ0n) is 11.9. The maximum atomic E-state index is 13.2. The SMILES string of the molecule is CC(O)C1CCN(c2ccc(CO)cc2C(F)(F)F)CC1. The zero-order chi connectivity index (χ0) is 15.6. The molecule has 0 bridgehead atoms. The molecular formula is C15H20F3NO2. The van der Waals surface area contributed by atoms with Crippen molar-refractivity contribution in [2.24, 2.45) is 5.92 Å². The van der Waals surface area contributed by atoms with E-state index in [-0.39, 0.29) is 17.2 Å². The van der Waals surface area contributed by atoms with Crippen LogP contribution in [-0.2, 0) is 12.8 Å². The zero-order valence-corrected chi connectivity index (χ0v) is 11.9. The van der Waals surface area contributed by atoms with E-state index in [0.29, 0.717) is 25.9 Å². The van der Waals surface area contributed by atoms with Gasteiger partial charge in [-0.2, -0.15) is 13.2 Å². The largest absolute Gasteiger partial charge is 0.418 e. The average Bonchev–Trinajstić information content (AvgIpc) is 2.46. The normalized spacial score (nSPS) is 18.9. The van der Waals surface area contributed by atoms with E-state index in [2.05, 4.69) is 0 Å². The van der Waals surface area contributed by atoms with Gasteiger partial charge in [0.15, 0.2) is 0 Å². The molecule has 0 aliphatic carbocycles. The smallest absolute Gasteiger partial charge is 0.393 e. The number of rotatable bonds is 3. The third-order valence-corrected chi connectivity index (χ3v) is 4.11. The van der Waals surface area contributed by atoms with Gasteiger partial charge in [-0.05, 0) is 43.4 Å². The quantitative estimate of drug-likeness (QED) is 0.902. The third kappa shape index (κ3) is 3.68. The number of piperidine rings is 1. The second-order valence-electron chi connectivity index (χ2n) is 5.57. The van der Waals surface area contributed by atoms with E-state index in [1.165, 1.54) is 12.1 Å². The number of alkyl halides is 3. The Labute approximate surface area is 122 Å². The van der Waals surface area contributed by atoms with Crippen molar-refractivity contribution in [2.45, 2.75) is 38.7 Å². The molecule has 1 aliphatic rings. The van der Waals surface area contributed by atoms with Gasteiger partial charge in [-0.3, -0.25) is 0 Å². The van der Waals surface area contributed by atoms with Crippen LogP contribution < -0.4 is 4.90 Å². The molecule has 2 N–H and O–H groups in total. The lowest BCUT2D eigenvalue weighted by Crippen LogP contribution is -2.38. The first-order valence-electron chi connectivity index (χ1n) is 7.07. The van der Waals surface area contributed by atoms with Crippen LogP contribution in [0.5, 0.6) is 0 Å². The lowest BCUT2D eigenvalue weighted by molar-refractivity contribution is -0.137. The molecule has 1 unspecified atom stereocenters. The number of hydrogen-bond donors (Lipinski definition) is 2. The molecule has 1 aromatic rings. The van der Waals surface area contributed by atoms with Crippen LogP contribution in [0, 0.1) is 5.92 Å². The Morgan fingerprint density at radius 1 is 1.29 bits per heavy atom. The topological polar surface area (TPSA) is 43.7 Å². The van der Waals surface area contributed by atoms with E-state index >= 15 is 0 Å². The number of benzene rings is 1. The lowest BCUT2D eigenvalue weighted by atomic mass is 9.91. The van der Waals surface area contributed by atoms with Crippen LogP contribution in [0.1, 0.15) is 30.9 Å². The summed E-state index contributed by atoms with van der Waals surface area (Å²) >= 11 is 0. The Kier molecular flexibility index (Phi) is 4.78. The molecule has 6 heteroatoms. The summed E-state index contributed by atoms with van der Waals surface area (Å²) in [5.74, 6) is 0.146. The first-order chi connectivity index (χ1) is 9.82. The van der Waals surface area contributed by atoms with E-state index in [0.717, 1.165) is 6.07 Å². The molecule has 1 fully saturated rings. The molecule has 2 rings (SSSR count). The molecule has 0 spiro atoms. The summed E-state index contributed by atoms with van der Waals surface area (Å²) in [4.78, 5) is 1.71. The Hall–Kier alpha value is -1.27. The van der Waals surface area contributed by atoms with Crippen LogP contribution in [-0.4, -0.2) is 29.4 Å². The highest BCUT2D eigenvalue weighted by Gasteiger charge is 2.36. The van der Waals surface area contributed by atoms with E-state index in [9.17, 15) is 18.3 Å². The summed E-state index contributed by atoms with van der Waals surface area (Å²) in [6.45, 7) is 2.30. The van der Waals surface area contributed by atoms with Gasteiger partial charge in [-0.25, -0.2) is 0 Å². The molecule has 1 aromatic carbocycles. The van der Waals surface area contributed by atoms with Crippen molar-refractivity contribution in [3.8, 4) is 0 Å². The minimum Gasteiger partial charge on any atom is -0.393 e. The number of aliphatic hydroxyl groups excluding tert-OH is 2. The number of hydrogen-bond acceptors (Lipinski definition) is 3. The maximum Gasteiger partial charge on any atom is 0.418 e. The Morgan fingerprint density at radius 2 is 1.90 bits per heavy atom. The molecule has 0 radical (unpaired) electrons. The third-order valence-electron chi connectivity index (χ3n) is 4.11. The summed E-state index contributed by atoms with van der Waals surface area (Å²) in [7, 11) is 0. The van der Waals surface area contributed by atoms with Crippen LogP contribution in [0.25, 0.3) is 0 Å². The van der Waals surface area contributed by atoms with Gasteiger partial charge in [0.1, 0.15) is 0 Å². The van der Waals surface area contributed by atoms with Gasteiger partial charge in [0, 0.05) is 18.8 Å². The second kappa shape index (κ2) is 6.23. The van der Waals surface area contributed by atoms with Gasteiger partial charge < -0.3 is 15.1 Å². The molecule has 1 atom stereocenters. The molecule has 0 amide bonds. The molecule has 0 saturated carbocycles. The number of halogens is 3. The van der Waals surface area contributed by atoms with E-state index in [1.54, 1.807) is 11.8 Å². The number of aliphatic hydroxyl groups is 2. The van der Waals surface area contributed by atoms with Crippen molar-refractivity contribution in [3.63, 3.8) is 0 Å². The van der Waals surface area contributed by atoms with Gasteiger partial charge in [0.05, 0.1) is 18.3 Å². The van der Waals surface area contributed by atoms with Crippen molar-refractivity contribution in [2.75, 3.05) is 18.0 Å². The molecule has 1 heterocycles. The van der Waals surface area contributed by atoms with Crippen LogP contribution in [0.3, 0.4) is 0 Å². The maximum absolute atomic E-state index is 13.2. The van der Waals surface area contributed by atoms with E-state index in [4.69, 9.17) is 5.11 Å². The summed E-state index contributed by atoms with van der Waals surface area (Å²) in [6.07, 6.45) is -3.51. The molecular weight excluding hydrogens is 283 g/mol. The fourth-order valence-electron chi connectivity index (χ4n) is 2.81. The highest BCUT2D eigenvalue weighted by atomic mass is 19.4. The predicted molar refractivity (Wildman–Crippen MR) is 74.0 cm³/mol. The molecule has 21 heavy (non-hydrogen) atoms. The van der Waals surface area contributed by atoms with Gasteiger partial charge in [0.2, 0.25) is 0 Å². The minimum atomic E-state index is -4.44. The molecule has 118 valence electrons. The van der Waals surface area contributed by atoms with Gasteiger partial charge in [-0.1, -0.05) is 6.07 Å². The van der Waals surface area contributed by atoms with Crippen molar-refractivity contribution in [1.29, 1.82) is 0 Å². The van der Waals surface area contributed by atoms with Crippen molar-refractivity contribution in [1.82, 2.24) is 0 Å². The molecule has 0 aromatic heterocycles. The Balaban J connectivity index is 2.24. The molecule has 1 aliphatic heterocycles. The second-order valence-corrected chi connectivity index (χ2v) is 5.57. The average molecular weight is 303 g/mol. The van der Waals surface area contributed by atoms with Crippen molar-refractivity contribution >= 4 is 5.69 Å². The fraction of sp³-hybridized carbons (Fsp3) is 0.600. The van der Waals surface area contributed by atoms with Crippen molar-refractivity contribution in [3.05, 3.63) is 29.3 Å². The van der Waals surface area contributed by atoms with E-state index < -0.39 is 24.5 Å². The molecule has 3 nitrogen and oxygen atoms in total. The summed E-state index contributed by atoms with van der Waals surface area (Å²) in [5, 5.41) is 18.6. The summed E-state index contributed by atoms with van der Waals surface area (Å²) in [5.41, 5.74) is -0.293. The number of nitrogens with zero attached hydrogens (tertiary/aromatic N) is 1. The molecule has 1 saturated heterocycles. The van der Waals surface area contributed by atoms with Gasteiger partial charge >= 0.3 is 6.18 Å². The van der Waals surface area contributed by atoms with Crippen LogP contribution >= 0.6 is 0 Å². The van der Waals surface area contributed by atoms with Crippen LogP contribution in [0.4, 0.5) is 18.9 Å². The van der Waals surface area contributed by atoms with Crippen LogP contribution in [0.15, 0.2) is 18.2 Å². The first-order valence-corrected chi connectivity index (χ1v) is 7.07.